The molecule has 1 aromatic heterocycles. The molecule has 0 amide bonds. The smallest absolute Gasteiger partial charge is 0.335 e. The molecule has 1 heterocycles. The molecule has 0 fully saturated rings. The highest BCUT2D eigenvalue weighted by molar-refractivity contribution is 7.71. The van der Waals surface area contributed by atoms with E-state index in [9.17, 15) is 9.59 Å². The lowest BCUT2D eigenvalue weighted by molar-refractivity contribution is 0.0697. The molecule has 0 unspecified atom stereocenters. The molecule has 0 bridgehead atoms. The van der Waals surface area contributed by atoms with Crippen LogP contribution in [-0.4, -0.2) is 20.6 Å². The van der Waals surface area contributed by atoms with E-state index in [1.54, 1.807) is 24.3 Å². The van der Waals surface area contributed by atoms with Crippen LogP contribution >= 0.6 is 12.2 Å². The van der Waals surface area contributed by atoms with Crippen LogP contribution in [0.2, 0.25) is 0 Å². The molecule has 3 aromatic carbocycles. The number of aromatic carboxylic acids is 1. The Morgan fingerprint density at radius 1 is 0.964 bits per heavy atom. The van der Waals surface area contributed by atoms with Gasteiger partial charge in [-0.1, -0.05) is 18.2 Å². The minimum atomic E-state index is -1.07. The maximum Gasteiger partial charge on any atom is 0.335 e. The second-order valence-corrected chi connectivity index (χ2v) is 6.43. The van der Waals surface area contributed by atoms with Crippen molar-refractivity contribution >= 4 is 29.1 Å². The number of nitrogens with one attached hydrogen (secondary N) is 1. The van der Waals surface area contributed by atoms with Gasteiger partial charge in [-0.25, -0.2) is 4.79 Å². The molecule has 138 valence electrons. The van der Waals surface area contributed by atoms with Crippen molar-refractivity contribution in [3.05, 3.63) is 93.5 Å². The second kappa shape index (κ2) is 7.13. The summed E-state index contributed by atoms with van der Waals surface area (Å²) in [5, 5.41) is 9.46. The summed E-state index contributed by atoms with van der Waals surface area (Å²) in [5.41, 5.74) is 0.719. The molecular formula is C21H14N2O4S. The van der Waals surface area contributed by atoms with Crippen LogP contribution in [0.3, 0.4) is 0 Å². The van der Waals surface area contributed by atoms with E-state index < -0.39 is 5.97 Å². The van der Waals surface area contributed by atoms with Gasteiger partial charge >= 0.3 is 5.97 Å². The summed E-state index contributed by atoms with van der Waals surface area (Å²) in [5.74, 6) is 0.272. The molecule has 0 atom stereocenters. The van der Waals surface area contributed by atoms with Crippen molar-refractivity contribution < 1.29 is 14.6 Å². The third-order valence-corrected chi connectivity index (χ3v) is 4.50. The largest absolute Gasteiger partial charge is 0.478 e. The number of carbonyl (C=O) groups is 1. The number of nitrogens with zero attached hydrogens (tertiary/aromatic N) is 1. The molecule has 0 saturated carbocycles. The lowest BCUT2D eigenvalue weighted by Gasteiger charge is -2.10. The number of aromatic amines is 1. The number of benzene rings is 3. The zero-order chi connectivity index (χ0) is 19.7. The summed E-state index contributed by atoms with van der Waals surface area (Å²) in [7, 11) is 0. The average molecular weight is 390 g/mol. The molecule has 28 heavy (non-hydrogen) atoms. The number of carboxylic acid groups (broad SMARTS) is 1. The Kier molecular flexibility index (Phi) is 4.50. The van der Waals surface area contributed by atoms with E-state index >= 15 is 0 Å². The van der Waals surface area contributed by atoms with Crippen LogP contribution in [0.25, 0.3) is 16.6 Å². The van der Waals surface area contributed by atoms with Crippen LogP contribution in [0.1, 0.15) is 10.4 Å². The Hall–Kier alpha value is -3.71. The van der Waals surface area contributed by atoms with E-state index in [-0.39, 0.29) is 15.9 Å². The van der Waals surface area contributed by atoms with Gasteiger partial charge in [-0.2, -0.15) is 0 Å². The van der Waals surface area contributed by atoms with E-state index in [2.05, 4.69) is 4.98 Å². The zero-order valence-electron chi connectivity index (χ0n) is 14.5. The van der Waals surface area contributed by atoms with Crippen molar-refractivity contribution in [1.29, 1.82) is 0 Å². The van der Waals surface area contributed by atoms with Gasteiger partial charge in [-0.15, -0.1) is 0 Å². The van der Waals surface area contributed by atoms with Gasteiger partial charge in [0.15, 0.2) is 4.77 Å². The maximum atomic E-state index is 12.9. The number of hydrogen-bond acceptors (Lipinski definition) is 4. The highest BCUT2D eigenvalue weighted by Gasteiger charge is 2.11. The van der Waals surface area contributed by atoms with Crippen molar-refractivity contribution in [3.8, 4) is 17.2 Å². The third-order valence-electron chi connectivity index (χ3n) is 4.22. The predicted molar refractivity (Wildman–Crippen MR) is 108 cm³/mol. The molecule has 2 N–H and O–H groups in total. The molecule has 0 aliphatic heterocycles. The Balaban J connectivity index is 1.74. The summed E-state index contributed by atoms with van der Waals surface area (Å²) >= 11 is 5.32. The molecular weight excluding hydrogens is 376 g/mol. The number of carboxylic acids is 1. The van der Waals surface area contributed by atoms with Crippen LogP contribution in [0.4, 0.5) is 0 Å². The van der Waals surface area contributed by atoms with E-state index in [4.69, 9.17) is 22.1 Å². The van der Waals surface area contributed by atoms with Crippen molar-refractivity contribution in [2.24, 2.45) is 0 Å². The summed E-state index contributed by atoms with van der Waals surface area (Å²) in [6, 6.07) is 20.6. The first-order valence-corrected chi connectivity index (χ1v) is 8.79. The normalized spacial score (nSPS) is 10.7. The van der Waals surface area contributed by atoms with Crippen molar-refractivity contribution in [2.45, 2.75) is 0 Å². The number of fused-ring (bicyclic) bond motifs is 1. The Morgan fingerprint density at radius 2 is 1.64 bits per heavy atom. The summed E-state index contributed by atoms with van der Waals surface area (Å²) in [6.07, 6.45) is 0. The fraction of sp³-hybridized carbons (Fsp3) is 0. The van der Waals surface area contributed by atoms with Gasteiger partial charge in [0.1, 0.15) is 11.5 Å². The second-order valence-electron chi connectivity index (χ2n) is 6.05. The van der Waals surface area contributed by atoms with Gasteiger partial charge < -0.3 is 14.8 Å². The lowest BCUT2D eigenvalue weighted by Crippen LogP contribution is -2.20. The standard InChI is InChI=1S/C21H14N2O4S/c24-19-17-11-6-13(20(25)26)12-18(17)22-21(28)23(19)14-7-9-16(10-8-14)27-15-4-2-1-3-5-15/h1-12H,(H,22,28)(H,25,26). The molecule has 6 nitrogen and oxygen atoms in total. The molecule has 0 spiro atoms. The highest BCUT2D eigenvalue weighted by atomic mass is 32.1. The lowest BCUT2D eigenvalue weighted by atomic mass is 10.1. The summed E-state index contributed by atoms with van der Waals surface area (Å²) < 4.78 is 7.30. The topological polar surface area (TPSA) is 84.3 Å². The summed E-state index contributed by atoms with van der Waals surface area (Å²) in [4.78, 5) is 27.0. The van der Waals surface area contributed by atoms with Crippen LogP contribution in [0, 0.1) is 4.77 Å². The minimum Gasteiger partial charge on any atom is -0.478 e. The van der Waals surface area contributed by atoms with Crippen molar-refractivity contribution in [2.75, 3.05) is 0 Å². The van der Waals surface area contributed by atoms with Gasteiger partial charge in [0.05, 0.1) is 22.2 Å². The van der Waals surface area contributed by atoms with Crippen LogP contribution in [0.15, 0.2) is 77.6 Å². The molecule has 0 aliphatic rings. The van der Waals surface area contributed by atoms with Gasteiger partial charge in [0, 0.05) is 0 Å². The Labute approximate surface area is 164 Å². The van der Waals surface area contributed by atoms with Gasteiger partial charge in [0.2, 0.25) is 0 Å². The van der Waals surface area contributed by atoms with E-state index in [0.29, 0.717) is 28.1 Å². The molecule has 4 aromatic rings. The Bertz CT molecular complexity index is 1290. The number of H-pyrrole nitrogens is 1. The van der Waals surface area contributed by atoms with Gasteiger partial charge in [-0.3, -0.25) is 9.36 Å². The number of ether oxygens (including phenoxy) is 1. The van der Waals surface area contributed by atoms with E-state index in [1.165, 1.54) is 22.8 Å². The highest BCUT2D eigenvalue weighted by Crippen LogP contribution is 2.22. The SMILES string of the molecule is O=C(O)c1ccc2c(=O)n(-c3ccc(Oc4ccccc4)cc3)c(=S)[nH]c2c1. The van der Waals surface area contributed by atoms with Gasteiger partial charge in [0.25, 0.3) is 5.56 Å². The first-order valence-electron chi connectivity index (χ1n) is 8.39. The van der Waals surface area contributed by atoms with Gasteiger partial charge in [-0.05, 0) is 66.8 Å². The first kappa shape index (κ1) is 17.7. The number of hydrogen-bond donors (Lipinski definition) is 2. The summed E-state index contributed by atoms with van der Waals surface area (Å²) in [6.45, 7) is 0. The fourth-order valence-electron chi connectivity index (χ4n) is 2.87. The molecule has 0 aliphatic carbocycles. The number of para-hydroxylation sites is 1. The first-order chi connectivity index (χ1) is 13.5. The zero-order valence-corrected chi connectivity index (χ0v) is 15.3. The Morgan fingerprint density at radius 3 is 2.32 bits per heavy atom. The molecule has 0 saturated heterocycles. The van der Waals surface area contributed by atoms with E-state index in [1.807, 2.05) is 30.3 Å². The fourth-order valence-corrected chi connectivity index (χ4v) is 3.17. The van der Waals surface area contributed by atoms with Crippen LogP contribution < -0.4 is 10.3 Å². The predicted octanol–water partition coefficient (Wildman–Crippen LogP) is 4.54. The van der Waals surface area contributed by atoms with Crippen molar-refractivity contribution in [3.63, 3.8) is 0 Å². The third kappa shape index (κ3) is 3.30. The molecule has 4 rings (SSSR count). The van der Waals surface area contributed by atoms with Crippen molar-refractivity contribution in [1.82, 2.24) is 9.55 Å². The quantitative estimate of drug-likeness (QED) is 0.500. The van der Waals surface area contributed by atoms with Crippen LogP contribution in [0.5, 0.6) is 11.5 Å². The molecule has 7 heteroatoms. The average Bonchev–Trinajstić information content (AvgIpc) is 2.69. The number of rotatable bonds is 4. The minimum absolute atomic E-state index is 0.0812. The number of aromatic nitrogens is 2. The monoisotopic (exact) mass is 390 g/mol. The van der Waals surface area contributed by atoms with E-state index in [0.717, 1.165) is 0 Å². The molecule has 0 radical (unpaired) electrons. The van der Waals surface area contributed by atoms with Crippen LogP contribution in [-0.2, 0) is 0 Å². The maximum absolute atomic E-state index is 12.9.